The fourth-order valence-electron chi connectivity index (χ4n) is 9.44. The number of imidazole rings is 2. The number of aliphatic imine (C=N–C) groups is 1. The minimum atomic E-state index is -1.66. The van der Waals surface area contributed by atoms with Gasteiger partial charge in [-0.2, -0.15) is 0 Å². The third-order valence-electron chi connectivity index (χ3n) is 14.7. The summed E-state index contributed by atoms with van der Waals surface area (Å²) >= 11 is 0. The highest BCUT2D eigenvalue weighted by molar-refractivity contribution is 5.99. The number of nitrogens with two attached hydrogens (primary N) is 4. The number of hydrogen-bond donors (Lipinski definition) is 14. The van der Waals surface area contributed by atoms with Gasteiger partial charge in [0.05, 0.1) is 61.2 Å². The number of nitrogens with one attached hydrogen (secondary N) is 7. The molecule has 11 atom stereocenters. The maximum atomic E-state index is 14.5. The number of aromatic hydroxyl groups is 1. The second kappa shape index (κ2) is 35.8. The summed E-state index contributed by atoms with van der Waals surface area (Å²) < 4.78 is 0. The van der Waals surface area contributed by atoms with Crippen LogP contribution in [0.4, 0.5) is 0 Å². The van der Waals surface area contributed by atoms with E-state index in [9.17, 15) is 68.1 Å². The average molecular weight is 1210 g/mol. The molecule has 0 bridgehead atoms. The standard InChI is InChI=1S/C58H88N14O14/c1-8-32(6)40(56(85)71-45(52(60)81)22-38-26-64-29-67-38)23-49(78)44(17-34-11-13-39(75)14-12-34)70-55(84)36(21-51(59)80)20-47(76)42(10-9-15-65-58(61)62)68-57(86)41(33(7)74)24-50(79)46(27-73)72-54(83)35(18-37-25-63-28-66-37)19-48(77)43(16-30(2)3)69-53(82)31(4)5/h11-14,25-26,28-33,35-36,40-46,73-75H,8-10,15-24,27H2,1-7H3,(H2,59,80)(H2,60,81)(H,63,66)(H,64,67)(H,68,86)(H,69,82)(H,70,84)(H,71,85)(H,72,83)(H4,61,62,65)/t32-,33+,35+,36-,40-,41-,42-,43-,44-,45-,46-/m0/s1. The molecule has 0 aliphatic carbocycles. The predicted molar refractivity (Wildman–Crippen MR) is 314 cm³/mol. The zero-order valence-corrected chi connectivity index (χ0v) is 50.0. The highest BCUT2D eigenvalue weighted by atomic mass is 16.3. The Morgan fingerprint density at radius 1 is 0.581 bits per heavy atom. The molecule has 0 spiro atoms. The molecule has 0 saturated carbocycles. The number of amides is 7. The lowest BCUT2D eigenvalue weighted by molar-refractivity contribution is -0.138. The van der Waals surface area contributed by atoms with Crippen molar-refractivity contribution in [2.24, 2.45) is 69.4 Å². The van der Waals surface area contributed by atoms with Gasteiger partial charge in [-0.05, 0) is 62.1 Å². The Morgan fingerprint density at radius 3 is 1.60 bits per heavy atom. The number of carbonyl (C=O) groups excluding carboxylic acids is 11. The highest BCUT2D eigenvalue weighted by Crippen LogP contribution is 2.24. The molecule has 0 aliphatic rings. The number of primary amides is 2. The third kappa shape index (κ3) is 24.7. The van der Waals surface area contributed by atoms with Crippen molar-refractivity contribution in [1.29, 1.82) is 0 Å². The number of nitrogens with zero attached hydrogens (tertiary/aromatic N) is 3. The number of H-pyrrole nitrogens is 2. The number of hydrogen-bond acceptors (Lipinski definition) is 17. The molecule has 0 fully saturated rings. The Hall–Kier alpha value is -8.40. The summed E-state index contributed by atoms with van der Waals surface area (Å²) in [6, 6.07) is -1.02. The van der Waals surface area contributed by atoms with Gasteiger partial charge in [0.1, 0.15) is 17.8 Å². The summed E-state index contributed by atoms with van der Waals surface area (Å²) in [7, 11) is 0. The van der Waals surface area contributed by atoms with Crippen molar-refractivity contribution in [3.8, 4) is 5.75 Å². The van der Waals surface area contributed by atoms with Crippen molar-refractivity contribution >= 4 is 70.4 Å². The summed E-state index contributed by atoms with van der Waals surface area (Å²) in [5.74, 6) is -15.3. The SMILES string of the molecule is CC[C@H](C)[C@H](CC(=O)[C@H](Cc1ccc(O)cc1)NC(=O)[C@H](CC(N)=O)CC(=O)[C@H](CCCN=C(N)N)NC(=O)[C@@H](CC(=O)[C@H](CO)NC(=O)[C@@H](CC(=O)[C@H](CC(C)C)NC(=O)C(C)C)Cc1cnc[nH]1)[C@@H](C)O)C(=O)N[C@@H](Cc1cnc[nH]1)C(N)=O. The number of aliphatic hydroxyl groups excluding tert-OH is 2. The van der Waals surface area contributed by atoms with Gasteiger partial charge in [-0.3, -0.25) is 57.7 Å². The largest absolute Gasteiger partial charge is 0.508 e. The Labute approximate surface area is 499 Å². The topological polar surface area (TPSA) is 482 Å². The van der Waals surface area contributed by atoms with Gasteiger partial charge in [0.2, 0.25) is 41.4 Å². The summed E-state index contributed by atoms with van der Waals surface area (Å²) in [6.07, 6.45) is 1.12. The van der Waals surface area contributed by atoms with E-state index in [1.807, 2.05) is 13.8 Å². The molecule has 2 heterocycles. The van der Waals surface area contributed by atoms with E-state index in [1.54, 1.807) is 27.7 Å². The van der Waals surface area contributed by atoms with E-state index in [2.05, 4.69) is 51.5 Å². The number of aromatic amines is 2. The van der Waals surface area contributed by atoms with E-state index in [-0.39, 0.29) is 75.0 Å². The maximum absolute atomic E-state index is 14.5. The lowest BCUT2D eigenvalue weighted by Crippen LogP contribution is -2.51. The second-order valence-electron chi connectivity index (χ2n) is 22.6. The molecule has 3 rings (SSSR count). The van der Waals surface area contributed by atoms with Gasteiger partial charge in [-0.25, -0.2) is 9.97 Å². The summed E-state index contributed by atoms with van der Waals surface area (Å²) in [6.45, 7) is 10.8. The van der Waals surface area contributed by atoms with Crippen LogP contribution in [0.3, 0.4) is 0 Å². The molecule has 0 saturated heterocycles. The molecule has 0 unspecified atom stereocenters. The maximum Gasteiger partial charge on any atom is 0.240 e. The zero-order valence-electron chi connectivity index (χ0n) is 50.0. The Kier molecular flexibility index (Phi) is 29.9. The zero-order chi connectivity index (χ0) is 64.4. The van der Waals surface area contributed by atoms with Crippen molar-refractivity contribution in [2.75, 3.05) is 13.2 Å². The Bertz CT molecular complexity index is 2770. The molecule has 2 aromatic heterocycles. The molecule has 1 aromatic carbocycles. The van der Waals surface area contributed by atoms with Gasteiger partial charge in [-0.1, -0.05) is 60.1 Å². The van der Waals surface area contributed by atoms with Crippen LogP contribution in [0.1, 0.15) is 123 Å². The van der Waals surface area contributed by atoms with Crippen molar-refractivity contribution in [2.45, 2.75) is 162 Å². The predicted octanol–water partition coefficient (Wildman–Crippen LogP) is -0.873. The van der Waals surface area contributed by atoms with E-state index in [1.165, 1.54) is 56.2 Å². The lowest BCUT2D eigenvalue weighted by Gasteiger charge is -2.28. The van der Waals surface area contributed by atoms with Crippen molar-refractivity contribution in [3.63, 3.8) is 0 Å². The van der Waals surface area contributed by atoms with Gasteiger partial charge < -0.3 is 74.8 Å². The minimum Gasteiger partial charge on any atom is -0.508 e. The summed E-state index contributed by atoms with van der Waals surface area (Å²) in [5.41, 5.74) is 23.7. The number of benzene rings is 1. The normalized spacial score (nSPS) is 15.2. The van der Waals surface area contributed by atoms with Gasteiger partial charge in [0, 0.05) is 87.1 Å². The van der Waals surface area contributed by atoms with E-state index < -0.39 is 163 Å². The molecular weight excluding hydrogens is 1120 g/mol. The molecule has 3 aromatic rings. The number of phenols is 1. The number of Topliss-reactive ketones (excluding diaryl/α,β-unsaturated/α-hetero) is 4. The molecule has 28 heteroatoms. The number of aliphatic hydroxyl groups is 2. The van der Waals surface area contributed by atoms with Crippen LogP contribution >= 0.6 is 0 Å². The van der Waals surface area contributed by atoms with E-state index in [0.717, 1.165) is 0 Å². The lowest BCUT2D eigenvalue weighted by atomic mass is 9.84. The second-order valence-corrected chi connectivity index (χ2v) is 22.6. The Morgan fingerprint density at radius 2 is 1.08 bits per heavy atom. The molecule has 0 aliphatic heterocycles. The quantitative estimate of drug-likeness (QED) is 0.0186. The van der Waals surface area contributed by atoms with Gasteiger partial charge in [0.15, 0.2) is 29.1 Å². The number of aromatic nitrogens is 4. The molecule has 18 N–H and O–H groups in total. The number of carbonyl (C=O) groups is 11. The molecular formula is C58H88N14O14. The Balaban J connectivity index is 1.92. The van der Waals surface area contributed by atoms with Crippen molar-refractivity contribution < 1.29 is 68.1 Å². The van der Waals surface area contributed by atoms with Crippen LogP contribution in [0.2, 0.25) is 0 Å². The van der Waals surface area contributed by atoms with E-state index in [4.69, 9.17) is 22.9 Å². The van der Waals surface area contributed by atoms with Crippen LogP contribution in [0.25, 0.3) is 0 Å². The molecule has 7 amide bonds. The van der Waals surface area contributed by atoms with Gasteiger partial charge >= 0.3 is 0 Å². The number of rotatable bonds is 41. The first-order chi connectivity index (χ1) is 40.5. The van der Waals surface area contributed by atoms with Gasteiger partial charge in [-0.15, -0.1) is 0 Å². The third-order valence-corrected chi connectivity index (χ3v) is 14.7. The highest BCUT2D eigenvalue weighted by Gasteiger charge is 2.38. The first kappa shape index (κ1) is 71.9. The average Bonchev–Trinajstić information content (AvgIpc) is 2.88. The molecule has 28 nitrogen and oxygen atoms in total. The van der Waals surface area contributed by atoms with Gasteiger partial charge in [0.25, 0.3) is 0 Å². The summed E-state index contributed by atoms with van der Waals surface area (Å²) in [4.78, 5) is 169. The molecule has 86 heavy (non-hydrogen) atoms. The first-order valence-corrected chi connectivity index (χ1v) is 28.8. The number of guanidine groups is 1. The van der Waals surface area contributed by atoms with E-state index in [0.29, 0.717) is 23.4 Å². The minimum absolute atomic E-state index is 0.0219. The molecule has 474 valence electrons. The van der Waals surface area contributed by atoms with Crippen molar-refractivity contribution in [3.05, 3.63) is 66.3 Å². The fraction of sp³-hybridized carbons (Fsp3) is 0.586. The summed E-state index contributed by atoms with van der Waals surface area (Å²) in [5, 5.41) is 44.5. The first-order valence-electron chi connectivity index (χ1n) is 28.8. The number of phenolic OH excluding ortho intramolecular Hbond substituents is 1. The van der Waals surface area contributed by atoms with Crippen LogP contribution in [0.5, 0.6) is 5.75 Å². The molecule has 0 radical (unpaired) electrons. The van der Waals surface area contributed by atoms with Crippen LogP contribution in [0.15, 0.2) is 54.3 Å². The van der Waals surface area contributed by atoms with Crippen LogP contribution in [0, 0.1) is 41.4 Å². The van der Waals surface area contributed by atoms with Crippen LogP contribution in [-0.4, -0.2) is 155 Å². The number of ketones is 4. The fourth-order valence-corrected chi connectivity index (χ4v) is 9.44. The van der Waals surface area contributed by atoms with E-state index >= 15 is 0 Å². The monoisotopic (exact) mass is 1200 g/mol. The van der Waals surface area contributed by atoms with Crippen molar-refractivity contribution in [1.82, 2.24) is 46.5 Å². The van der Waals surface area contributed by atoms with Crippen LogP contribution < -0.4 is 49.5 Å². The smallest absolute Gasteiger partial charge is 0.240 e. The van der Waals surface area contributed by atoms with Crippen LogP contribution in [-0.2, 0) is 72.0 Å².